The van der Waals surface area contributed by atoms with Gasteiger partial charge in [-0.2, -0.15) is 0 Å². The van der Waals surface area contributed by atoms with Gasteiger partial charge in [0.1, 0.15) is 36.0 Å². The number of hydrogen-bond donors (Lipinski definition) is 11. The summed E-state index contributed by atoms with van der Waals surface area (Å²) in [5.41, 5.74) is 24.1. The van der Waals surface area contributed by atoms with Gasteiger partial charge in [-0.25, -0.2) is 0 Å². The number of nitrogens with two attached hydrogens (primary N) is 4. The lowest BCUT2D eigenvalue weighted by Gasteiger charge is -2.26. The molecule has 2 heterocycles. The Kier molecular flexibility index (Phi) is 15.2. The topological polar surface area (TPSA) is 310 Å². The average molecular weight is 761 g/mol. The van der Waals surface area contributed by atoms with E-state index >= 15 is 0 Å². The molecule has 18 nitrogen and oxygen atoms in total. The number of fused-ring (bicyclic) bond motifs is 1. The van der Waals surface area contributed by atoms with E-state index in [1.807, 2.05) is 31.2 Å². The molecule has 0 aliphatic carbocycles. The molecule has 1 saturated heterocycles. The molecular weight excluding hydrogens is 708 g/mol. The molecule has 55 heavy (non-hydrogen) atoms. The predicted molar refractivity (Wildman–Crippen MR) is 208 cm³/mol. The summed E-state index contributed by atoms with van der Waals surface area (Å²) in [7, 11) is 0. The van der Waals surface area contributed by atoms with Crippen LogP contribution in [0.5, 0.6) is 5.75 Å². The zero-order valence-electron chi connectivity index (χ0n) is 30.8. The number of hydrogen-bond acceptors (Lipinski definition) is 8. The van der Waals surface area contributed by atoms with Gasteiger partial charge in [-0.3, -0.25) is 34.0 Å². The van der Waals surface area contributed by atoms with Crippen LogP contribution in [-0.4, -0.2) is 94.8 Å². The van der Waals surface area contributed by atoms with Crippen molar-refractivity contribution in [2.24, 2.45) is 32.9 Å². The van der Waals surface area contributed by atoms with Crippen LogP contribution in [0.25, 0.3) is 10.9 Å². The zero-order valence-corrected chi connectivity index (χ0v) is 30.8. The highest BCUT2D eigenvalue weighted by Crippen LogP contribution is 2.20. The monoisotopic (exact) mass is 760 g/mol. The SMILES string of the molecule is CCC[C@@H]1NC(=O)[C@H](CCCN=C(N)N)NC(=O)[C@H](Cc2c[nH]c3ccccc23)NC(=O)[C@H](Cc2ccc(O)cc2)NC(=O)[C@H](CCCN=C(N)N)NC1=O. The number of guanidine groups is 2. The van der Waals surface area contributed by atoms with Gasteiger partial charge in [-0.05, 0) is 61.4 Å². The highest BCUT2D eigenvalue weighted by atomic mass is 16.3. The fourth-order valence-electron chi connectivity index (χ4n) is 6.27. The van der Waals surface area contributed by atoms with Crippen molar-refractivity contribution in [3.63, 3.8) is 0 Å². The Morgan fingerprint density at radius 2 is 1.07 bits per heavy atom. The van der Waals surface area contributed by atoms with Crippen molar-refractivity contribution in [3.8, 4) is 5.75 Å². The van der Waals surface area contributed by atoms with E-state index in [4.69, 9.17) is 22.9 Å². The molecule has 0 spiro atoms. The number of aromatic nitrogens is 1. The lowest BCUT2D eigenvalue weighted by Crippen LogP contribution is -2.58. The molecule has 3 aromatic rings. The van der Waals surface area contributed by atoms with Gasteiger partial charge in [-0.15, -0.1) is 0 Å². The first-order valence-corrected chi connectivity index (χ1v) is 18.3. The second-order valence-electron chi connectivity index (χ2n) is 13.4. The summed E-state index contributed by atoms with van der Waals surface area (Å²) in [6.45, 7) is 2.17. The van der Waals surface area contributed by atoms with Crippen LogP contribution in [0.15, 0.2) is 64.7 Å². The maximum atomic E-state index is 14.3. The predicted octanol–water partition coefficient (Wildman–Crippen LogP) is -0.996. The molecule has 1 aliphatic rings. The van der Waals surface area contributed by atoms with Crippen LogP contribution in [0.3, 0.4) is 0 Å². The van der Waals surface area contributed by atoms with E-state index in [1.54, 1.807) is 18.3 Å². The number of benzene rings is 2. The van der Waals surface area contributed by atoms with Crippen LogP contribution in [0.1, 0.15) is 56.6 Å². The van der Waals surface area contributed by atoms with Crippen molar-refractivity contribution < 1.29 is 29.1 Å². The summed E-state index contributed by atoms with van der Waals surface area (Å²) in [6, 6.07) is 7.76. The molecule has 0 unspecified atom stereocenters. The van der Waals surface area contributed by atoms with Crippen LogP contribution < -0.4 is 49.5 Å². The van der Waals surface area contributed by atoms with E-state index in [1.165, 1.54) is 12.1 Å². The Morgan fingerprint density at radius 3 is 1.58 bits per heavy atom. The molecule has 5 amide bonds. The van der Waals surface area contributed by atoms with Gasteiger partial charge in [0, 0.05) is 43.0 Å². The Labute approximate surface area is 318 Å². The molecule has 18 heteroatoms. The number of amides is 5. The highest BCUT2D eigenvalue weighted by Gasteiger charge is 2.34. The van der Waals surface area contributed by atoms with Gasteiger partial charge in [0.2, 0.25) is 29.5 Å². The summed E-state index contributed by atoms with van der Waals surface area (Å²) >= 11 is 0. The van der Waals surface area contributed by atoms with Crippen LogP contribution in [0.2, 0.25) is 0 Å². The van der Waals surface area contributed by atoms with Gasteiger partial charge >= 0.3 is 0 Å². The normalized spacial score (nSPS) is 21.2. The second kappa shape index (κ2) is 20.2. The van der Waals surface area contributed by atoms with Crippen LogP contribution in [0, 0.1) is 0 Å². The molecule has 2 aromatic carbocycles. The number of phenols is 1. The first-order chi connectivity index (χ1) is 26.3. The Balaban J connectivity index is 1.77. The maximum absolute atomic E-state index is 14.3. The summed E-state index contributed by atoms with van der Waals surface area (Å²) < 4.78 is 0. The number of phenolic OH excluding ortho intramolecular Hbond substituents is 1. The number of rotatable bonds is 14. The Hall–Kier alpha value is -6.33. The molecule has 1 aromatic heterocycles. The third-order valence-corrected chi connectivity index (χ3v) is 9.11. The average Bonchev–Trinajstić information content (AvgIpc) is 3.55. The summed E-state index contributed by atoms with van der Waals surface area (Å²) in [4.78, 5) is 81.3. The molecule has 0 bridgehead atoms. The Bertz CT molecular complexity index is 1850. The number of nitrogens with one attached hydrogen (secondary N) is 6. The van der Waals surface area contributed by atoms with Crippen molar-refractivity contribution in [1.82, 2.24) is 31.6 Å². The minimum atomic E-state index is -1.24. The number of aromatic amines is 1. The lowest BCUT2D eigenvalue weighted by atomic mass is 10.0. The van der Waals surface area contributed by atoms with Crippen LogP contribution in [0.4, 0.5) is 0 Å². The van der Waals surface area contributed by atoms with Gasteiger partial charge in [0.05, 0.1) is 0 Å². The Morgan fingerprint density at radius 1 is 0.618 bits per heavy atom. The van der Waals surface area contributed by atoms with E-state index in [9.17, 15) is 29.1 Å². The van der Waals surface area contributed by atoms with E-state index in [0.29, 0.717) is 24.8 Å². The first kappa shape index (κ1) is 41.4. The zero-order chi connectivity index (χ0) is 39.9. The van der Waals surface area contributed by atoms with E-state index < -0.39 is 59.7 Å². The van der Waals surface area contributed by atoms with Crippen molar-refractivity contribution in [2.75, 3.05) is 13.1 Å². The molecule has 0 radical (unpaired) electrons. The maximum Gasteiger partial charge on any atom is 0.243 e. The van der Waals surface area contributed by atoms with Crippen molar-refractivity contribution in [1.29, 1.82) is 0 Å². The minimum absolute atomic E-state index is 0.0102. The highest BCUT2D eigenvalue weighted by molar-refractivity contribution is 5.98. The van der Waals surface area contributed by atoms with E-state index in [0.717, 1.165) is 16.5 Å². The fourth-order valence-corrected chi connectivity index (χ4v) is 6.27. The number of nitrogens with zero attached hydrogens (tertiary/aromatic N) is 2. The third kappa shape index (κ3) is 12.6. The summed E-state index contributed by atoms with van der Waals surface area (Å²) in [6.07, 6.45) is 3.24. The standard InChI is InChI=1S/C37H52N12O6/c1-2-7-26-31(51)46-28(11-6-17-43-37(40)41)33(53)48-29(18-21-12-14-23(50)15-13-21)34(54)49-30(19-22-20-44-25-9-4-3-8-24(22)25)35(55)47-27(32(52)45-26)10-5-16-42-36(38)39/h3-4,8-9,12-15,20,26-30,44,50H,2,5-7,10-11,16-19H2,1H3,(H,45,52)(H,46,51)(H,47,55)(H,48,53)(H,49,54)(H4,38,39,42)(H4,40,41,43)/t26-,27-,28-,29-,30-/m0/s1. The molecule has 4 rings (SSSR count). The van der Waals surface area contributed by atoms with Crippen molar-refractivity contribution >= 4 is 52.4 Å². The molecule has 15 N–H and O–H groups in total. The van der Waals surface area contributed by atoms with Gasteiger partial charge < -0.3 is 59.6 Å². The third-order valence-electron chi connectivity index (χ3n) is 9.11. The summed E-state index contributed by atoms with van der Waals surface area (Å²) in [5.74, 6) is -3.56. The van der Waals surface area contributed by atoms with Crippen molar-refractivity contribution in [3.05, 3.63) is 65.9 Å². The molecule has 0 saturated carbocycles. The second-order valence-corrected chi connectivity index (χ2v) is 13.4. The number of aliphatic imine (C=N–C) groups is 2. The first-order valence-electron chi connectivity index (χ1n) is 18.3. The molecule has 5 atom stereocenters. The van der Waals surface area contributed by atoms with Gasteiger partial charge in [-0.1, -0.05) is 43.7 Å². The molecule has 1 aliphatic heterocycles. The van der Waals surface area contributed by atoms with Crippen LogP contribution in [-0.2, 0) is 36.8 Å². The van der Waals surface area contributed by atoms with Crippen molar-refractivity contribution in [2.45, 2.75) is 88.5 Å². The number of H-pyrrole nitrogens is 1. The van der Waals surface area contributed by atoms with Gasteiger partial charge in [0.25, 0.3) is 0 Å². The smallest absolute Gasteiger partial charge is 0.243 e. The van der Waals surface area contributed by atoms with Gasteiger partial charge in [0.15, 0.2) is 11.9 Å². The number of carbonyl (C=O) groups is 5. The molecule has 296 valence electrons. The fraction of sp³-hybridized carbons (Fsp3) is 0.432. The largest absolute Gasteiger partial charge is 0.508 e. The quantitative estimate of drug-likeness (QED) is 0.0541. The number of para-hydroxylation sites is 1. The van der Waals surface area contributed by atoms with E-state index in [-0.39, 0.29) is 62.9 Å². The summed E-state index contributed by atoms with van der Waals surface area (Å²) in [5, 5.41) is 24.6. The number of aromatic hydroxyl groups is 1. The molecular formula is C37H52N12O6. The molecule has 1 fully saturated rings. The van der Waals surface area contributed by atoms with E-state index in [2.05, 4.69) is 41.6 Å². The lowest BCUT2D eigenvalue weighted by molar-refractivity contribution is -0.134. The minimum Gasteiger partial charge on any atom is -0.508 e. The van der Waals surface area contributed by atoms with Crippen LogP contribution >= 0.6 is 0 Å². The number of carbonyl (C=O) groups excluding carboxylic acids is 5.